The first-order chi connectivity index (χ1) is 20.4. The topological polar surface area (TPSA) is 108 Å². The van der Waals surface area contributed by atoms with Crippen LogP contribution in [0.15, 0.2) is 59.5 Å². The number of morpholine rings is 2. The van der Waals surface area contributed by atoms with Gasteiger partial charge in [-0.2, -0.15) is 4.31 Å². The molecule has 0 saturated carbocycles. The van der Waals surface area contributed by atoms with Crippen molar-refractivity contribution in [3.05, 3.63) is 81.7 Å². The summed E-state index contributed by atoms with van der Waals surface area (Å²) in [4.78, 5) is 32.6. The summed E-state index contributed by atoms with van der Waals surface area (Å²) in [5, 5.41) is 3.53. The molecule has 0 unspecified atom stereocenters. The van der Waals surface area contributed by atoms with Crippen LogP contribution in [0.1, 0.15) is 36.7 Å². The van der Waals surface area contributed by atoms with E-state index in [1.165, 1.54) is 45.5 Å². The van der Waals surface area contributed by atoms with Crippen molar-refractivity contribution in [1.82, 2.24) is 14.1 Å². The minimum Gasteiger partial charge on any atom is -0.379 e. The van der Waals surface area contributed by atoms with Gasteiger partial charge in [-0.3, -0.25) is 14.5 Å². The van der Waals surface area contributed by atoms with Crippen molar-refractivity contribution in [2.75, 3.05) is 64.5 Å². The van der Waals surface area contributed by atoms with Crippen LogP contribution in [-0.4, -0.2) is 93.5 Å². The van der Waals surface area contributed by atoms with Gasteiger partial charge in [0.25, 0.3) is 11.8 Å². The summed E-state index contributed by atoms with van der Waals surface area (Å²) in [6.45, 7) is 5.65. The maximum Gasteiger partial charge on any atom is 0.257 e. The number of benzene rings is 2. The van der Waals surface area contributed by atoms with Crippen LogP contribution in [0.25, 0.3) is 0 Å². The van der Waals surface area contributed by atoms with Gasteiger partial charge < -0.3 is 19.7 Å². The molecule has 0 radical (unpaired) electrons. The lowest BCUT2D eigenvalue weighted by Crippen LogP contribution is -2.41. The molecule has 1 N–H and O–H groups in total. The van der Waals surface area contributed by atoms with Gasteiger partial charge in [-0.05, 0) is 41.8 Å². The molecule has 3 aliphatic heterocycles. The fraction of sp³-hybridized carbons (Fsp3) is 0.400. The molecule has 3 aliphatic rings. The van der Waals surface area contributed by atoms with Gasteiger partial charge in [0.2, 0.25) is 10.0 Å². The van der Waals surface area contributed by atoms with Gasteiger partial charge in [-0.25, -0.2) is 8.42 Å². The Bertz CT molecular complexity index is 1530. The number of ether oxygens (including phenoxy) is 2. The maximum atomic E-state index is 13.8. The number of nitrogens with zero attached hydrogens (tertiary/aromatic N) is 3. The lowest BCUT2D eigenvalue weighted by molar-refractivity contribution is 0.0302. The zero-order valence-electron chi connectivity index (χ0n) is 23.3. The average Bonchev–Trinajstić information content (AvgIpc) is 3.39. The summed E-state index contributed by atoms with van der Waals surface area (Å²) < 4.78 is 38.1. The molecule has 42 heavy (non-hydrogen) atoms. The molecule has 2 saturated heterocycles. The Kier molecular flexibility index (Phi) is 8.70. The summed E-state index contributed by atoms with van der Waals surface area (Å²) in [6.07, 6.45) is 0.716. The monoisotopic (exact) mass is 610 g/mol. The molecule has 222 valence electrons. The Hall–Kier alpha value is -3.13. The number of amides is 2. The molecular formula is C30H34N4O6S2. The molecule has 10 nitrogen and oxygen atoms in total. The van der Waals surface area contributed by atoms with E-state index in [2.05, 4.69) is 22.3 Å². The molecule has 0 aliphatic carbocycles. The summed E-state index contributed by atoms with van der Waals surface area (Å²) >= 11 is 1.45. The van der Waals surface area contributed by atoms with Crippen molar-refractivity contribution in [3.63, 3.8) is 0 Å². The lowest BCUT2D eigenvalue weighted by Gasteiger charge is -2.29. The quantitative estimate of drug-likeness (QED) is 0.438. The Balaban J connectivity index is 1.23. The highest BCUT2D eigenvalue weighted by molar-refractivity contribution is 7.89. The first-order valence-corrected chi connectivity index (χ1v) is 16.4. The molecule has 12 heteroatoms. The summed E-state index contributed by atoms with van der Waals surface area (Å²) in [7, 11) is -3.67. The normalized spacial score (nSPS) is 18.4. The van der Waals surface area contributed by atoms with Crippen LogP contribution < -0.4 is 5.32 Å². The summed E-state index contributed by atoms with van der Waals surface area (Å²) in [6, 6.07) is 16.2. The SMILES string of the molecule is O=C(Nc1sc2c(c1C(=O)N1CCOCC1)CCN(Cc1ccccc1)C2)c1ccc(S(=O)(=O)N2CCOCC2)cc1. The van der Waals surface area contributed by atoms with E-state index in [0.717, 1.165) is 23.5 Å². The predicted molar refractivity (Wildman–Crippen MR) is 159 cm³/mol. The third-order valence-corrected chi connectivity index (χ3v) is 10.9. The van der Waals surface area contributed by atoms with Crippen molar-refractivity contribution in [3.8, 4) is 0 Å². The van der Waals surface area contributed by atoms with Crippen LogP contribution in [0.2, 0.25) is 0 Å². The number of hydrogen-bond acceptors (Lipinski definition) is 8. The first kappa shape index (κ1) is 29.0. The average molecular weight is 611 g/mol. The molecular weight excluding hydrogens is 576 g/mol. The largest absolute Gasteiger partial charge is 0.379 e. The maximum absolute atomic E-state index is 13.8. The van der Waals surface area contributed by atoms with Crippen LogP contribution in [-0.2, 0) is 39.0 Å². The second-order valence-corrected chi connectivity index (χ2v) is 13.6. The minimum atomic E-state index is -3.67. The van der Waals surface area contributed by atoms with Crippen LogP contribution in [0.4, 0.5) is 5.00 Å². The highest BCUT2D eigenvalue weighted by Gasteiger charge is 2.32. The number of fused-ring (bicyclic) bond motifs is 1. The van der Waals surface area contributed by atoms with Crippen molar-refractivity contribution in [2.24, 2.45) is 0 Å². The molecule has 0 spiro atoms. The van der Waals surface area contributed by atoms with Crippen LogP contribution in [0, 0.1) is 0 Å². The fourth-order valence-corrected chi connectivity index (χ4v) is 8.25. The Labute approximate surface area is 249 Å². The summed E-state index contributed by atoms with van der Waals surface area (Å²) in [5.74, 6) is -0.476. The number of anilines is 1. The molecule has 6 rings (SSSR count). The number of thiophene rings is 1. The molecule has 0 bridgehead atoms. The van der Waals surface area contributed by atoms with Crippen molar-refractivity contribution in [1.29, 1.82) is 0 Å². The fourth-order valence-electron chi connectivity index (χ4n) is 5.56. The van der Waals surface area contributed by atoms with Crippen molar-refractivity contribution >= 4 is 38.2 Å². The van der Waals surface area contributed by atoms with E-state index >= 15 is 0 Å². The van der Waals surface area contributed by atoms with Gasteiger partial charge in [0.05, 0.1) is 36.9 Å². The van der Waals surface area contributed by atoms with E-state index < -0.39 is 10.0 Å². The third kappa shape index (κ3) is 6.14. The molecule has 2 fully saturated rings. The number of sulfonamides is 1. The first-order valence-electron chi connectivity index (χ1n) is 14.2. The second kappa shape index (κ2) is 12.6. The highest BCUT2D eigenvalue weighted by Crippen LogP contribution is 2.38. The molecule has 1 aromatic heterocycles. The smallest absolute Gasteiger partial charge is 0.257 e. The Morgan fingerprint density at radius 2 is 1.52 bits per heavy atom. The van der Waals surface area contributed by atoms with Gasteiger partial charge in [0.15, 0.2) is 0 Å². The molecule has 2 amide bonds. The minimum absolute atomic E-state index is 0.0884. The third-order valence-electron chi connectivity index (χ3n) is 7.85. The zero-order valence-corrected chi connectivity index (χ0v) is 24.9. The van der Waals surface area contributed by atoms with E-state index in [0.29, 0.717) is 81.7 Å². The van der Waals surface area contributed by atoms with Crippen molar-refractivity contribution < 1.29 is 27.5 Å². The van der Waals surface area contributed by atoms with E-state index in [-0.39, 0.29) is 16.7 Å². The van der Waals surface area contributed by atoms with Gasteiger partial charge >= 0.3 is 0 Å². The molecule has 2 aromatic carbocycles. The predicted octanol–water partition coefficient (Wildman–Crippen LogP) is 3.05. The highest BCUT2D eigenvalue weighted by atomic mass is 32.2. The van der Waals surface area contributed by atoms with Crippen LogP contribution >= 0.6 is 11.3 Å². The number of carbonyl (C=O) groups excluding carboxylic acids is 2. The zero-order chi connectivity index (χ0) is 29.1. The Morgan fingerprint density at radius 1 is 0.857 bits per heavy atom. The van der Waals surface area contributed by atoms with Gasteiger partial charge in [-0.15, -0.1) is 11.3 Å². The lowest BCUT2D eigenvalue weighted by atomic mass is 10.0. The van der Waals surface area contributed by atoms with Crippen molar-refractivity contribution in [2.45, 2.75) is 24.4 Å². The van der Waals surface area contributed by atoms with Crippen LogP contribution in [0.3, 0.4) is 0 Å². The van der Waals surface area contributed by atoms with E-state index in [1.54, 1.807) is 4.90 Å². The standard InChI is InChI=1S/C30H34N4O6S2/c35-28(23-6-8-24(9-7-23)42(37,38)34-14-18-40-19-15-34)31-29-27(30(36)33-12-16-39-17-13-33)25-10-11-32(21-26(25)41-29)20-22-4-2-1-3-5-22/h1-9H,10-21H2,(H,31,35). The van der Waals surface area contributed by atoms with Gasteiger partial charge in [0.1, 0.15) is 5.00 Å². The van der Waals surface area contributed by atoms with E-state index in [4.69, 9.17) is 9.47 Å². The molecule has 4 heterocycles. The van der Waals surface area contributed by atoms with E-state index in [1.807, 2.05) is 18.2 Å². The van der Waals surface area contributed by atoms with Gasteiger partial charge in [-0.1, -0.05) is 30.3 Å². The van der Waals surface area contributed by atoms with Crippen LogP contribution in [0.5, 0.6) is 0 Å². The number of carbonyl (C=O) groups is 2. The second-order valence-electron chi connectivity index (χ2n) is 10.6. The Morgan fingerprint density at radius 3 is 2.21 bits per heavy atom. The van der Waals surface area contributed by atoms with E-state index in [9.17, 15) is 18.0 Å². The number of hydrogen-bond donors (Lipinski definition) is 1. The number of rotatable bonds is 7. The van der Waals surface area contributed by atoms with Gasteiger partial charge in [0, 0.05) is 56.3 Å². The number of nitrogens with one attached hydrogen (secondary N) is 1. The molecule has 0 atom stereocenters. The summed E-state index contributed by atoms with van der Waals surface area (Å²) in [5.41, 5.74) is 3.12. The molecule has 3 aromatic rings.